The fourth-order valence-corrected chi connectivity index (χ4v) is 2.01. The Morgan fingerprint density at radius 2 is 1.68 bits per heavy atom. The first-order valence-corrected chi connectivity index (χ1v) is 6.53. The molecule has 1 N–H and O–H groups in total. The van der Waals surface area contributed by atoms with Crippen LogP contribution >= 0.6 is 0 Å². The van der Waals surface area contributed by atoms with Gasteiger partial charge in [-0.15, -0.1) is 0 Å². The van der Waals surface area contributed by atoms with Crippen LogP contribution in [0.1, 0.15) is 17.9 Å². The number of ether oxygens (including phenoxy) is 1. The van der Waals surface area contributed by atoms with E-state index in [0.717, 1.165) is 12.1 Å². The van der Waals surface area contributed by atoms with Crippen LogP contribution < -0.4 is 4.74 Å². The first kappa shape index (κ1) is 15.9. The van der Waals surface area contributed by atoms with Crippen molar-refractivity contribution in [3.63, 3.8) is 0 Å². The van der Waals surface area contributed by atoms with Gasteiger partial charge < -0.3 is 9.84 Å². The van der Waals surface area contributed by atoms with Gasteiger partial charge >= 0.3 is 5.97 Å². The van der Waals surface area contributed by atoms with Gasteiger partial charge in [-0.2, -0.15) is 0 Å². The molecule has 22 heavy (non-hydrogen) atoms. The van der Waals surface area contributed by atoms with Crippen LogP contribution in [0.3, 0.4) is 0 Å². The minimum atomic E-state index is -1.09. The molecule has 2 aromatic rings. The predicted octanol–water partition coefficient (Wildman–Crippen LogP) is 3.74. The van der Waals surface area contributed by atoms with Crippen LogP contribution in [-0.4, -0.2) is 17.7 Å². The van der Waals surface area contributed by atoms with E-state index >= 15 is 0 Å². The molecule has 1 unspecified atom stereocenters. The van der Waals surface area contributed by atoms with Crippen LogP contribution in [0.2, 0.25) is 0 Å². The molecule has 0 heterocycles. The Labute approximate surface area is 125 Å². The lowest BCUT2D eigenvalue weighted by molar-refractivity contribution is -0.139. The Morgan fingerprint density at radius 1 is 1.05 bits per heavy atom. The van der Waals surface area contributed by atoms with E-state index in [1.807, 2.05) is 0 Å². The Balaban J connectivity index is 2.00. The van der Waals surface area contributed by atoms with E-state index in [-0.39, 0.29) is 18.8 Å². The maximum absolute atomic E-state index is 13.4. The van der Waals surface area contributed by atoms with Crippen molar-refractivity contribution in [1.29, 1.82) is 0 Å². The summed E-state index contributed by atoms with van der Waals surface area (Å²) in [6.07, 6.45) is 0.0672. The zero-order chi connectivity index (χ0) is 16.1. The van der Waals surface area contributed by atoms with E-state index in [9.17, 15) is 23.1 Å². The average Bonchev–Trinajstić information content (AvgIpc) is 2.46. The Morgan fingerprint density at radius 3 is 2.27 bits per heavy atom. The number of carboxylic acids is 1. The van der Waals surface area contributed by atoms with Gasteiger partial charge in [0, 0.05) is 6.07 Å². The van der Waals surface area contributed by atoms with Crippen LogP contribution in [0.4, 0.5) is 13.2 Å². The van der Waals surface area contributed by atoms with Gasteiger partial charge in [-0.1, -0.05) is 12.1 Å². The zero-order valence-electron chi connectivity index (χ0n) is 11.4. The normalized spacial score (nSPS) is 12.0. The molecule has 0 spiro atoms. The summed E-state index contributed by atoms with van der Waals surface area (Å²) in [5.74, 6) is -4.17. The highest BCUT2D eigenvalue weighted by Crippen LogP contribution is 2.22. The topological polar surface area (TPSA) is 46.5 Å². The van der Waals surface area contributed by atoms with Gasteiger partial charge in [0.25, 0.3) is 0 Å². The van der Waals surface area contributed by atoms with Crippen LogP contribution in [0, 0.1) is 17.5 Å². The predicted molar refractivity (Wildman–Crippen MR) is 73.2 cm³/mol. The van der Waals surface area contributed by atoms with Crippen molar-refractivity contribution in [3.8, 4) is 5.75 Å². The molecule has 0 radical (unpaired) electrons. The van der Waals surface area contributed by atoms with Crippen molar-refractivity contribution in [2.75, 3.05) is 6.61 Å². The number of carbonyl (C=O) groups is 1. The molecule has 1 atom stereocenters. The number of benzene rings is 2. The number of aliphatic carboxylic acids is 1. The summed E-state index contributed by atoms with van der Waals surface area (Å²) in [5.41, 5.74) is 0.428. The SMILES string of the molecule is O=C(O)C(CCOc1ccc(F)cc1F)c1ccc(F)cc1. The number of carboxylic acid groups (broad SMARTS) is 1. The largest absolute Gasteiger partial charge is 0.490 e. The third-order valence-corrected chi connectivity index (χ3v) is 3.13. The molecular weight excluding hydrogens is 297 g/mol. The van der Waals surface area contributed by atoms with Crippen molar-refractivity contribution in [2.45, 2.75) is 12.3 Å². The number of halogens is 3. The Kier molecular flexibility index (Phi) is 5.04. The third kappa shape index (κ3) is 4.00. The second-order valence-corrected chi connectivity index (χ2v) is 4.65. The van der Waals surface area contributed by atoms with Crippen molar-refractivity contribution >= 4 is 5.97 Å². The van der Waals surface area contributed by atoms with Crippen molar-refractivity contribution in [3.05, 3.63) is 65.5 Å². The monoisotopic (exact) mass is 310 g/mol. The summed E-state index contributed by atoms with van der Waals surface area (Å²) in [6.45, 7) is -0.0725. The lowest BCUT2D eigenvalue weighted by atomic mass is 9.96. The molecule has 116 valence electrons. The van der Waals surface area contributed by atoms with E-state index in [4.69, 9.17) is 4.74 Å². The highest BCUT2D eigenvalue weighted by molar-refractivity contribution is 5.76. The third-order valence-electron chi connectivity index (χ3n) is 3.13. The van der Waals surface area contributed by atoms with Gasteiger partial charge in [0.1, 0.15) is 11.6 Å². The lowest BCUT2D eigenvalue weighted by Crippen LogP contribution is -2.15. The molecule has 0 aliphatic heterocycles. The molecule has 3 nitrogen and oxygen atoms in total. The molecule has 2 rings (SSSR count). The summed E-state index contributed by atoms with van der Waals surface area (Å²) in [5, 5.41) is 9.21. The van der Waals surface area contributed by atoms with E-state index in [1.54, 1.807) is 0 Å². The zero-order valence-corrected chi connectivity index (χ0v) is 11.4. The summed E-state index contributed by atoms with van der Waals surface area (Å²) in [7, 11) is 0. The van der Waals surface area contributed by atoms with Gasteiger partial charge in [0.05, 0.1) is 12.5 Å². The molecule has 0 aliphatic rings. The van der Waals surface area contributed by atoms with E-state index in [1.165, 1.54) is 24.3 Å². The van der Waals surface area contributed by atoms with Gasteiger partial charge in [-0.3, -0.25) is 4.79 Å². The minimum Gasteiger partial charge on any atom is -0.490 e. The Bertz CT molecular complexity index is 656. The summed E-state index contributed by atoms with van der Waals surface area (Å²) in [4.78, 5) is 11.3. The van der Waals surface area contributed by atoms with E-state index in [2.05, 4.69) is 0 Å². The lowest BCUT2D eigenvalue weighted by Gasteiger charge is -2.14. The molecule has 0 bridgehead atoms. The number of rotatable bonds is 6. The smallest absolute Gasteiger partial charge is 0.311 e. The molecule has 0 fully saturated rings. The van der Waals surface area contributed by atoms with E-state index < -0.39 is 29.3 Å². The molecule has 0 aromatic heterocycles. The first-order valence-electron chi connectivity index (χ1n) is 6.53. The van der Waals surface area contributed by atoms with Crippen LogP contribution in [-0.2, 0) is 4.79 Å². The maximum atomic E-state index is 13.4. The first-order chi connectivity index (χ1) is 10.5. The highest BCUT2D eigenvalue weighted by Gasteiger charge is 2.20. The van der Waals surface area contributed by atoms with E-state index in [0.29, 0.717) is 11.6 Å². The van der Waals surface area contributed by atoms with Crippen molar-refractivity contribution in [2.24, 2.45) is 0 Å². The average molecular weight is 310 g/mol. The van der Waals surface area contributed by atoms with Crippen LogP contribution in [0.5, 0.6) is 5.75 Å². The van der Waals surface area contributed by atoms with Crippen molar-refractivity contribution in [1.82, 2.24) is 0 Å². The molecule has 2 aromatic carbocycles. The van der Waals surface area contributed by atoms with Crippen LogP contribution in [0.25, 0.3) is 0 Å². The standard InChI is InChI=1S/C16H13F3O3/c17-11-3-1-10(2-4-11)13(16(20)21)7-8-22-15-6-5-12(18)9-14(15)19/h1-6,9,13H,7-8H2,(H,20,21). The van der Waals surface area contributed by atoms with Gasteiger partial charge in [0.15, 0.2) is 11.6 Å². The molecule has 0 saturated carbocycles. The summed E-state index contributed by atoms with van der Waals surface area (Å²) in [6, 6.07) is 7.98. The number of hydrogen-bond acceptors (Lipinski definition) is 2. The number of hydrogen-bond donors (Lipinski definition) is 1. The summed E-state index contributed by atoms with van der Waals surface area (Å²) >= 11 is 0. The van der Waals surface area contributed by atoms with Crippen molar-refractivity contribution < 1.29 is 27.8 Å². The van der Waals surface area contributed by atoms with Gasteiger partial charge in [0.2, 0.25) is 0 Å². The fourth-order valence-electron chi connectivity index (χ4n) is 2.01. The molecular formula is C16H13F3O3. The Hall–Kier alpha value is -2.50. The maximum Gasteiger partial charge on any atom is 0.311 e. The molecule has 0 amide bonds. The summed E-state index contributed by atoms with van der Waals surface area (Å²) < 4.78 is 44.1. The second-order valence-electron chi connectivity index (χ2n) is 4.65. The fraction of sp³-hybridized carbons (Fsp3) is 0.188. The minimum absolute atomic E-state index is 0.0672. The molecule has 6 heteroatoms. The molecule has 0 saturated heterocycles. The van der Waals surface area contributed by atoms with Gasteiger partial charge in [-0.05, 0) is 36.2 Å². The second kappa shape index (κ2) is 6.98. The quantitative estimate of drug-likeness (QED) is 0.884. The molecule has 0 aliphatic carbocycles. The van der Waals surface area contributed by atoms with Crippen LogP contribution in [0.15, 0.2) is 42.5 Å². The highest BCUT2D eigenvalue weighted by atomic mass is 19.1. The van der Waals surface area contributed by atoms with Gasteiger partial charge in [-0.25, -0.2) is 13.2 Å².